The lowest BCUT2D eigenvalue weighted by atomic mass is 10.0. The highest BCUT2D eigenvalue weighted by atomic mass is 32.2. The zero-order chi connectivity index (χ0) is 28.2. The Morgan fingerprint density at radius 3 is 2.31 bits per heavy atom. The van der Waals surface area contributed by atoms with E-state index in [0.29, 0.717) is 17.5 Å². The zero-order valence-corrected chi connectivity index (χ0v) is 23.3. The van der Waals surface area contributed by atoms with E-state index in [1.807, 2.05) is 24.3 Å². The van der Waals surface area contributed by atoms with E-state index in [1.54, 1.807) is 43.3 Å². The van der Waals surface area contributed by atoms with Crippen LogP contribution in [0.15, 0.2) is 71.6 Å². The van der Waals surface area contributed by atoms with Crippen molar-refractivity contribution in [3.05, 3.63) is 77.9 Å². The summed E-state index contributed by atoms with van der Waals surface area (Å²) in [5.74, 6) is -0.539. The van der Waals surface area contributed by atoms with Crippen molar-refractivity contribution in [3.8, 4) is 0 Å². The Morgan fingerprint density at radius 2 is 1.64 bits per heavy atom. The van der Waals surface area contributed by atoms with Gasteiger partial charge in [-0.15, -0.1) is 0 Å². The molecule has 0 aliphatic carbocycles. The van der Waals surface area contributed by atoms with Crippen LogP contribution in [0.2, 0.25) is 0 Å². The predicted molar refractivity (Wildman–Crippen MR) is 151 cm³/mol. The maximum atomic E-state index is 13.7. The SMILES string of the molecule is CCCS(=O)(=O)N1CCN(C(=O)[C@H](Cc2cccc(C(=N)N)c2)NS(=O)(=O)c2ccc3ccccc3c2)CC1. The molecule has 0 spiro atoms. The molecule has 39 heavy (non-hydrogen) atoms. The van der Waals surface area contributed by atoms with E-state index < -0.39 is 32.0 Å². The third-order valence-electron chi connectivity index (χ3n) is 6.71. The minimum Gasteiger partial charge on any atom is -0.384 e. The van der Waals surface area contributed by atoms with E-state index in [0.717, 1.165) is 10.8 Å². The highest BCUT2D eigenvalue weighted by Crippen LogP contribution is 2.20. The lowest BCUT2D eigenvalue weighted by molar-refractivity contribution is -0.134. The van der Waals surface area contributed by atoms with E-state index in [2.05, 4.69) is 4.72 Å². The predicted octanol–water partition coefficient (Wildman–Crippen LogP) is 1.90. The maximum absolute atomic E-state index is 13.7. The average molecular weight is 572 g/mol. The standard InChI is InChI=1S/C27H33N5O5S2/c1-2-16-38(34,35)32-14-12-31(13-15-32)27(33)25(18-20-6-5-9-23(17-20)26(28)29)30-39(36,37)24-11-10-21-7-3-4-8-22(21)19-24/h3-11,17,19,25,30H,2,12-16,18H2,1H3,(H3,28,29)/t25-/m0/s1. The lowest BCUT2D eigenvalue weighted by Crippen LogP contribution is -2.56. The summed E-state index contributed by atoms with van der Waals surface area (Å²) in [6, 6.07) is 17.8. The molecule has 4 rings (SSSR count). The molecule has 1 saturated heterocycles. The zero-order valence-electron chi connectivity index (χ0n) is 21.7. The first-order valence-electron chi connectivity index (χ1n) is 12.7. The molecule has 0 bridgehead atoms. The van der Waals surface area contributed by atoms with Gasteiger partial charge in [0.15, 0.2) is 0 Å². The quantitative estimate of drug-likeness (QED) is 0.250. The topological polar surface area (TPSA) is 154 Å². The number of rotatable bonds is 10. The molecule has 0 unspecified atom stereocenters. The Kier molecular flexibility index (Phi) is 8.70. The van der Waals surface area contributed by atoms with Crippen LogP contribution in [0.3, 0.4) is 0 Å². The van der Waals surface area contributed by atoms with Crippen molar-refractivity contribution in [2.75, 3.05) is 31.9 Å². The largest absolute Gasteiger partial charge is 0.384 e. The number of hydrogen-bond donors (Lipinski definition) is 3. The molecule has 12 heteroatoms. The summed E-state index contributed by atoms with van der Waals surface area (Å²) in [7, 11) is -7.49. The van der Waals surface area contributed by atoms with Crippen molar-refractivity contribution in [2.45, 2.75) is 30.7 Å². The second-order valence-corrected chi connectivity index (χ2v) is 13.3. The number of amides is 1. The summed E-state index contributed by atoms with van der Waals surface area (Å²) >= 11 is 0. The summed E-state index contributed by atoms with van der Waals surface area (Å²) in [6.07, 6.45) is 0.528. The van der Waals surface area contributed by atoms with Crippen molar-refractivity contribution in [1.82, 2.24) is 13.9 Å². The van der Waals surface area contributed by atoms with E-state index in [9.17, 15) is 21.6 Å². The van der Waals surface area contributed by atoms with Gasteiger partial charge in [0.2, 0.25) is 26.0 Å². The number of nitrogen functional groups attached to an aromatic ring is 1. The number of nitrogens with two attached hydrogens (primary N) is 1. The van der Waals surface area contributed by atoms with Crippen molar-refractivity contribution >= 4 is 42.6 Å². The number of fused-ring (bicyclic) bond motifs is 1. The summed E-state index contributed by atoms with van der Waals surface area (Å²) in [5.41, 5.74) is 6.72. The van der Waals surface area contributed by atoms with E-state index in [-0.39, 0.29) is 49.1 Å². The Bertz CT molecular complexity index is 1580. The molecule has 0 aromatic heterocycles. The summed E-state index contributed by atoms with van der Waals surface area (Å²) in [5, 5.41) is 9.36. The highest BCUT2D eigenvalue weighted by Gasteiger charge is 2.33. The summed E-state index contributed by atoms with van der Waals surface area (Å²) < 4.78 is 55.8. The van der Waals surface area contributed by atoms with Crippen LogP contribution in [-0.2, 0) is 31.3 Å². The molecular formula is C27H33N5O5S2. The molecule has 1 aliphatic heterocycles. The number of benzene rings is 3. The average Bonchev–Trinajstić information content (AvgIpc) is 2.92. The molecule has 3 aromatic rings. The number of carbonyl (C=O) groups excluding carboxylic acids is 1. The van der Waals surface area contributed by atoms with Gasteiger partial charge in [-0.05, 0) is 47.4 Å². The van der Waals surface area contributed by atoms with Crippen LogP contribution in [0.1, 0.15) is 24.5 Å². The highest BCUT2D eigenvalue weighted by molar-refractivity contribution is 7.89. The fourth-order valence-electron chi connectivity index (χ4n) is 4.66. The first kappa shape index (κ1) is 28.7. The Morgan fingerprint density at radius 1 is 0.949 bits per heavy atom. The van der Waals surface area contributed by atoms with Gasteiger partial charge in [0.05, 0.1) is 10.6 Å². The molecule has 3 aromatic carbocycles. The number of nitrogens with one attached hydrogen (secondary N) is 2. The van der Waals surface area contributed by atoms with Gasteiger partial charge in [0.25, 0.3) is 0 Å². The van der Waals surface area contributed by atoms with Gasteiger partial charge in [-0.1, -0.05) is 55.5 Å². The van der Waals surface area contributed by atoms with Gasteiger partial charge in [-0.25, -0.2) is 16.8 Å². The van der Waals surface area contributed by atoms with Gasteiger partial charge >= 0.3 is 0 Å². The Hall–Kier alpha value is -3.32. The number of piperazine rings is 1. The maximum Gasteiger partial charge on any atom is 0.241 e. The third kappa shape index (κ3) is 6.82. The molecule has 4 N–H and O–H groups in total. The summed E-state index contributed by atoms with van der Waals surface area (Å²) in [4.78, 5) is 15.2. The number of carbonyl (C=O) groups is 1. The first-order valence-corrected chi connectivity index (χ1v) is 15.8. The molecular weight excluding hydrogens is 538 g/mol. The van der Waals surface area contributed by atoms with Crippen molar-refractivity contribution in [1.29, 1.82) is 5.41 Å². The van der Waals surface area contributed by atoms with Crippen molar-refractivity contribution in [2.24, 2.45) is 5.73 Å². The van der Waals surface area contributed by atoms with E-state index >= 15 is 0 Å². The molecule has 1 aliphatic rings. The van der Waals surface area contributed by atoms with Crippen LogP contribution in [0.25, 0.3) is 10.8 Å². The van der Waals surface area contributed by atoms with Gasteiger partial charge in [-0.3, -0.25) is 10.2 Å². The number of nitrogens with zero attached hydrogens (tertiary/aromatic N) is 2. The first-order chi connectivity index (χ1) is 18.5. The van der Waals surface area contributed by atoms with Crippen molar-refractivity contribution in [3.63, 3.8) is 0 Å². The molecule has 208 valence electrons. The molecule has 1 heterocycles. The van der Waals surface area contributed by atoms with Gasteiger partial charge < -0.3 is 10.6 Å². The second kappa shape index (κ2) is 11.8. The number of amidine groups is 1. The summed E-state index contributed by atoms with van der Waals surface area (Å²) in [6.45, 7) is 2.41. The van der Waals surface area contributed by atoms with Crippen LogP contribution < -0.4 is 10.5 Å². The van der Waals surface area contributed by atoms with Gasteiger partial charge in [0.1, 0.15) is 11.9 Å². The number of hydrogen-bond acceptors (Lipinski definition) is 6. The monoisotopic (exact) mass is 571 g/mol. The molecule has 1 atom stereocenters. The minimum atomic E-state index is -4.09. The van der Waals surface area contributed by atoms with E-state index in [1.165, 1.54) is 15.3 Å². The van der Waals surface area contributed by atoms with Crippen LogP contribution >= 0.6 is 0 Å². The molecule has 0 radical (unpaired) electrons. The van der Waals surface area contributed by atoms with Crippen LogP contribution in [-0.4, -0.2) is 75.8 Å². The molecule has 0 saturated carbocycles. The van der Waals surface area contributed by atoms with Crippen LogP contribution in [0.4, 0.5) is 0 Å². The van der Waals surface area contributed by atoms with Crippen LogP contribution in [0.5, 0.6) is 0 Å². The normalized spacial score (nSPS) is 15.8. The molecule has 1 fully saturated rings. The van der Waals surface area contributed by atoms with Gasteiger partial charge in [0, 0.05) is 31.7 Å². The Balaban J connectivity index is 1.60. The minimum absolute atomic E-state index is 0.0289. The van der Waals surface area contributed by atoms with Crippen molar-refractivity contribution < 1.29 is 21.6 Å². The van der Waals surface area contributed by atoms with Crippen LogP contribution in [0, 0.1) is 5.41 Å². The van der Waals surface area contributed by atoms with Gasteiger partial charge in [-0.2, -0.15) is 9.03 Å². The smallest absolute Gasteiger partial charge is 0.241 e. The third-order valence-corrected chi connectivity index (χ3v) is 10.3. The number of sulfonamides is 2. The fraction of sp³-hybridized carbons (Fsp3) is 0.333. The molecule has 10 nitrogen and oxygen atoms in total. The Labute approximate surface area is 229 Å². The lowest BCUT2D eigenvalue weighted by Gasteiger charge is -2.36. The van der Waals surface area contributed by atoms with E-state index in [4.69, 9.17) is 11.1 Å². The second-order valence-electron chi connectivity index (χ2n) is 9.54. The molecule has 1 amide bonds. The fourth-order valence-corrected chi connectivity index (χ4v) is 7.38.